The molecule has 1 aliphatic heterocycles. The number of hydrogen-bond acceptors (Lipinski definition) is 4. The van der Waals surface area contributed by atoms with Gasteiger partial charge >= 0.3 is 0 Å². The van der Waals surface area contributed by atoms with Crippen molar-refractivity contribution in [1.29, 1.82) is 0 Å². The molecule has 0 aromatic carbocycles. The van der Waals surface area contributed by atoms with E-state index in [0.717, 1.165) is 23.3 Å². The Labute approximate surface area is 140 Å². The molecule has 1 unspecified atom stereocenters. The first-order valence-corrected chi connectivity index (χ1v) is 8.46. The highest BCUT2D eigenvalue weighted by Crippen LogP contribution is 2.34. The number of hydrogen-bond donors (Lipinski definition) is 0. The molecule has 1 fully saturated rings. The minimum Gasteiger partial charge on any atom is -0.368 e. The van der Waals surface area contributed by atoms with E-state index < -0.39 is 0 Å². The van der Waals surface area contributed by atoms with Crippen molar-refractivity contribution >= 4 is 27.5 Å². The lowest BCUT2D eigenvalue weighted by molar-refractivity contribution is -0.0444. The lowest BCUT2D eigenvalue weighted by Gasteiger charge is -2.35. The highest BCUT2D eigenvalue weighted by atomic mass is 79.9. The lowest BCUT2D eigenvalue weighted by Crippen LogP contribution is -2.42. The minimum atomic E-state index is -0.118. The van der Waals surface area contributed by atoms with Crippen LogP contribution >= 0.6 is 27.5 Å². The third-order valence-corrected chi connectivity index (χ3v) is 4.91. The Morgan fingerprint density at radius 2 is 2.00 bits per heavy atom. The van der Waals surface area contributed by atoms with Gasteiger partial charge in [0.05, 0.1) is 16.8 Å². The first-order chi connectivity index (χ1) is 9.70. The molecule has 1 aromatic rings. The summed E-state index contributed by atoms with van der Waals surface area (Å²) in [5.41, 5.74) is 0.815. The second-order valence-corrected chi connectivity index (χ2v) is 7.88. The first kappa shape index (κ1) is 17.1. The Balaban J connectivity index is 2.34. The monoisotopic (exact) mass is 375 g/mol. The quantitative estimate of drug-likeness (QED) is 0.732. The molecule has 0 radical (unpaired) electrons. The largest absolute Gasteiger partial charge is 0.368 e. The van der Waals surface area contributed by atoms with Crippen LogP contribution in [-0.4, -0.2) is 40.6 Å². The van der Waals surface area contributed by atoms with Gasteiger partial charge in [-0.3, -0.25) is 4.90 Å². The molecule has 0 bridgehead atoms. The fourth-order valence-corrected chi connectivity index (χ4v) is 3.32. The SMILES string of the molecule is CC(C)N1CCOC(c2nc(Cl)c(Br)c(C(C)(C)C)n2)C1. The van der Waals surface area contributed by atoms with Crippen molar-refractivity contribution in [2.24, 2.45) is 0 Å². The van der Waals surface area contributed by atoms with Crippen LogP contribution in [0.15, 0.2) is 4.47 Å². The summed E-state index contributed by atoms with van der Waals surface area (Å²) >= 11 is 9.78. The minimum absolute atomic E-state index is 0.105. The number of morpholine rings is 1. The molecule has 0 spiro atoms. The molecular weight excluding hydrogens is 354 g/mol. The first-order valence-electron chi connectivity index (χ1n) is 7.29. The zero-order chi connectivity index (χ0) is 15.8. The van der Waals surface area contributed by atoms with Crippen molar-refractivity contribution in [3.63, 3.8) is 0 Å². The Morgan fingerprint density at radius 1 is 1.33 bits per heavy atom. The summed E-state index contributed by atoms with van der Waals surface area (Å²) in [4.78, 5) is 11.5. The number of nitrogens with zero attached hydrogens (tertiary/aromatic N) is 3. The molecule has 118 valence electrons. The second kappa shape index (κ2) is 6.49. The molecule has 1 aliphatic rings. The lowest BCUT2D eigenvalue weighted by atomic mass is 9.92. The molecule has 21 heavy (non-hydrogen) atoms. The Bertz CT molecular complexity index is 516. The van der Waals surface area contributed by atoms with Gasteiger partial charge in [0.1, 0.15) is 11.3 Å². The van der Waals surface area contributed by atoms with Gasteiger partial charge in [-0.2, -0.15) is 0 Å². The Kier molecular flexibility index (Phi) is 5.29. The average molecular weight is 377 g/mol. The van der Waals surface area contributed by atoms with Crippen LogP contribution in [0.25, 0.3) is 0 Å². The van der Waals surface area contributed by atoms with Crippen molar-refractivity contribution in [1.82, 2.24) is 14.9 Å². The van der Waals surface area contributed by atoms with Gasteiger partial charge in [0.25, 0.3) is 0 Å². The van der Waals surface area contributed by atoms with Crippen LogP contribution in [0, 0.1) is 0 Å². The van der Waals surface area contributed by atoms with Gasteiger partial charge in [-0.1, -0.05) is 32.4 Å². The van der Waals surface area contributed by atoms with Gasteiger partial charge in [-0.25, -0.2) is 9.97 Å². The van der Waals surface area contributed by atoms with Crippen molar-refractivity contribution in [2.45, 2.75) is 52.2 Å². The van der Waals surface area contributed by atoms with E-state index in [0.29, 0.717) is 23.6 Å². The summed E-state index contributed by atoms with van der Waals surface area (Å²) in [6.45, 7) is 13.2. The average Bonchev–Trinajstić information content (AvgIpc) is 2.40. The number of rotatable bonds is 2. The number of ether oxygens (including phenoxy) is 1. The van der Waals surface area contributed by atoms with Gasteiger partial charge < -0.3 is 4.74 Å². The van der Waals surface area contributed by atoms with Crippen LogP contribution in [0.2, 0.25) is 5.15 Å². The fraction of sp³-hybridized carbons (Fsp3) is 0.733. The Morgan fingerprint density at radius 3 is 2.57 bits per heavy atom. The molecule has 4 nitrogen and oxygen atoms in total. The van der Waals surface area contributed by atoms with E-state index in [9.17, 15) is 0 Å². The molecule has 0 aliphatic carbocycles. The molecule has 6 heteroatoms. The molecule has 0 amide bonds. The van der Waals surface area contributed by atoms with Crippen LogP contribution in [0.4, 0.5) is 0 Å². The van der Waals surface area contributed by atoms with Crippen LogP contribution in [-0.2, 0) is 10.2 Å². The third kappa shape index (κ3) is 3.95. The molecule has 2 rings (SSSR count). The molecular formula is C15H23BrClN3O. The predicted molar refractivity (Wildman–Crippen MR) is 88.8 cm³/mol. The highest BCUT2D eigenvalue weighted by Gasteiger charge is 2.29. The summed E-state index contributed by atoms with van der Waals surface area (Å²) < 4.78 is 6.64. The molecule has 1 aromatic heterocycles. The van der Waals surface area contributed by atoms with Crippen molar-refractivity contribution in [3.05, 3.63) is 21.1 Å². The van der Waals surface area contributed by atoms with Gasteiger partial charge in [-0.15, -0.1) is 0 Å². The summed E-state index contributed by atoms with van der Waals surface area (Å²) in [5, 5.41) is 0.454. The third-order valence-electron chi connectivity index (χ3n) is 3.65. The van der Waals surface area contributed by atoms with Gasteiger partial charge in [0.2, 0.25) is 0 Å². The van der Waals surface area contributed by atoms with Crippen LogP contribution in [0.3, 0.4) is 0 Å². The zero-order valence-corrected chi connectivity index (χ0v) is 15.6. The molecule has 2 heterocycles. The van der Waals surface area contributed by atoms with Crippen LogP contribution in [0.5, 0.6) is 0 Å². The van der Waals surface area contributed by atoms with E-state index in [1.54, 1.807) is 0 Å². The number of aromatic nitrogens is 2. The van der Waals surface area contributed by atoms with Gasteiger partial charge in [0.15, 0.2) is 5.82 Å². The van der Waals surface area contributed by atoms with Crippen molar-refractivity contribution < 1.29 is 4.74 Å². The molecule has 1 atom stereocenters. The molecule has 0 N–H and O–H groups in total. The predicted octanol–water partition coefficient (Wildman–Crippen LogP) is 3.97. The zero-order valence-electron chi connectivity index (χ0n) is 13.3. The van der Waals surface area contributed by atoms with E-state index in [1.807, 2.05) is 0 Å². The highest BCUT2D eigenvalue weighted by molar-refractivity contribution is 9.10. The van der Waals surface area contributed by atoms with E-state index in [-0.39, 0.29) is 11.5 Å². The molecule has 1 saturated heterocycles. The topological polar surface area (TPSA) is 38.2 Å². The summed E-state index contributed by atoms with van der Waals surface area (Å²) in [7, 11) is 0. The van der Waals surface area contributed by atoms with Crippen molar-refractivity contribution in [2.75, 3.05) is 19.7 Å². The smallest absolute Gasteiger partial charge is 0.160 e. The number of halogens is 2. The fourth-order valence-electron chi connectivity index (χ4n) is 2.37. The van der Waals surface area contributed by atoms with E-state index >= 15 is 0 Å². The summed E-state index contributed by atoms with van der Waals surface area (Å²) in [6, 6.07) is 0.490. The van der Waals surface area contributed by atoms with E-state index in [4.69, 9.17) is 21.3 Å². The summed E-state index contributed by atoms with van der Waals surface area (Å²) in [6.07, 6.45) is -0.118. The van der Waals surface area contributed by atoms with Gasteiger partial charge in [0, 0.05) is 24.5 Å². The maximum Gasteiger partial charge on any atom is 0.160 e. The standard InChI is InChI=1S/C15H23BrClN3O/c1-9(2)20-6-7-21-10(8-20)14-18-12(15(3,4)5)11(16)13(17)19-14/h9-10H,6-8H2,1-5H3. The summed E-state index contributed by atoms with van der Waals surface area (Å²) in [5.74, 6) is 0.679. The maximum absolute atomic E-state index is 6.28. The molecule has 0 saturated carbocycles. The normalized spacial score (nSPS) is 21.0. The van der Waals surface area contributed by atoms with Crippen LogP contribution < -0.4 is 0 Å². The maximum atomic E-state index is 6.28. The van der Waals surface area contributed by atoms with Crippen molar-refractivity contribution in [3.8, 4) is 0 Å². The Hall–Kier alpha value is -0.230. The van der Waals surface area contributed by atoms with Gasteiger partial charge in [-0.05, 0) is 29.8 Å². The van der Waals surface area contributed by atoms with E-state index in [1.165, 1.54) is 0 Å². The van der Waals surface area contributed by atoms with E-state index in [2.05, 4.69) is 60.4 Å². The second-order valence-electron chi connectivity index (χ2n) is 6.73. The van der Waals surface area contributed by atoms with Crippen LogP contribution in [0.1, 0.15) is 52.2 Å².